The Balaban J connectivity index is 1.60. The first-order valence-corrected chi connectivity index (χ1v) is 9.38. The summed E-state index contributed by atoms with van der Waals surface area (Å²) in [6, 6.07) is 13.1. The number of amides is 1. The number of thiophene rings is 1. The molecule has 8 heteroatoms. The summed E-state index contributed by atoms with van der Waals surface area (Å²) in [5, 5.41) is 15.1. The molecule has 0 saturated carbocycles. The van der Waals surface area contributed by atoms with Crippen molar-refractivity contribution in [2.45, 2.75) is 33.9 Å². The molecule has 7 nitrogen and oxygen atoms in total. The number of ketones is 1. The van der Waals surface area contributed by atoms with E-state index in [-0.39, 0.29) is 18.2 Å². The van der Waals surface area contributed by atoms with Crippen LogP contribution in [0.5, 0.6) is 0 Å². The van der Waals surface area contributed by atoms with Crippen LogP contribution >= 0.6 is 11.3 Å². The molecule has 2 heterocycles. The van der Waals surface area contributed by atoms with Crippen molar-refractivity contribution in [1.82, 2.24) is 25.5 Å². The third kappa shape index (κ3) is 4.85. The normalized spacial score (nSPS) is 11.4. The Bertz CT molecular complexity index is 940. The Morgan fingerprint density at radius 3 is 2.56 bits per heavy atom. The second-order valence-electron chi connectivity index (χ2n) is 7.13. The molecule has 1 N–H and O–H groups in total. The van der Waals surface area contributed by atoms with Crippen molar-refractivity contribution in [1.29, 1.82) is 0 Å². The average molecular weight is 383 g/mol. The molecule has 0 saturated heterocycles. The van der Waals surface area contributed by atoms with E-state index in [4.69, 9.17) is 0 Å². The lowest BCUT2D eigenvalue weighted by atomic mass is 9.96. The lowest BCUT2D eigenvalue weighted by Gasteiger charge is -2.17. The van der Waals surface area contributed by atoms with Gasteiger partial charge in [0.25, 0.3) is 0 Å². The first-order valence-electron chi connectivity index (χ1n) is 8.56. The zero-order valence-electron chi connectivity index (χ0n) is 15.5. The topological polar surface area (TPSA) is 89.8 Å². The number of rotatable bonds is 6. The van der Waals surface area contributed by atoms with Crippen LogP contribution in [0.15, 0.2) is 42.5 Å². The highest BCUT2D eigenvalue weighted by Gasteiger charge is 2.21. The third-order valence-electron chi connectivity index (χ3n) is 3.81. The molecule has 0 unspecified atom stereocenters. The minimum atomic E-state index is -0.439. The van der Waals surface area contributed by atoms with Crippen LogP contribution in [-0.4, -0.2) is 31.9 Å². The number of aromatic nitrogens is 4. The lowest BCUT2D eigenvalue weighted by Crippen LogP contribution is -2.34. The predicted octanol–water partition coefficient (Wildman–Crippen LogP) is 2.95. The molecule has 3 aromatic rings. The van der Waals surface area contributed by atoms with Gasteiger partial charge in [-0.2, -0.15) is 4.80 Å². The van der Waals surface area contributed by atoms with Crippen LogP contribution in [0.25, 0.3) is 11.4 Å². The molecule has 0 fully saturated rings. The molecule has 2 aromatic heterocycles. The van der Waals surface area contributed by atoms with Crippen molar-refractivity contribution < 1.29 is 9.59 Å². The second kappa shape index (κ2) is 7.79. The Hall–Kier alpha value is -2.87. The summed E-state index contributed by atoms with van der Waals surface area (Å²) >= 11 is 1.36. The van der Waals surface area contributed by atoms with E-state index in [1.807, 2.05) is 57.2 Å². The minimum absolute atomic E-state index is 0.0220. The number of nitrogens with zero attached hydrogens (tertiary/aromatic N) is 4. The highest BCUT2D eigenvalue weighted by Crippen LogP contribution is 2.19. The first kappa shape index (κ1) is 18.9. The molecule has 0 spiro atoms. The van der Waals surface area contributed by atoms with Crippen molar-refractivity contribution in [2.24, 2.45) is 5.41 Å². The zero-order chi connectivity index (χ0) is 19.4. The van der Waals surface area contributed by atoms with Crippen LogP contribution in [0.3, 0.4) is 0 Å². The smallest absolute Gasteiger partial charge is 0.225 e. The third-order valence-corrected chi connectivity index (χ3v) is 4.94. The van der Waals surface area contributed by atoms with E-state index in [1.54, 1.807) is 6.07 Å². The number of hydrogen-bond donors (Lipinski definition) is 1. The van der Waals surface area contributed by atoms with Gasteiger partial charge in [-0.25, -0.2) is 0 Å². The van der Waals surface area contributed by atoms with Gasteiger partial charge in [-0.05, 0) is 17.3 Å². The van der Waals surface area contributed by atoms with E-state index >= 15 is 0 Å². The number of hydrogen-bond acceptors (Lipinski definition) is 6. The van der Waals surface area contributed by atoms with Crippen LogP contribution in [0.4, 0.5) is 0 Å². The number of carbonyl (C=O) groups is 2. The highest BCUT2D eigenvalue weighted by molar-refractivity contribution is 7.14. The maximum absolute atomic E-state index is 12.5. The largest absolute Gasteiger partial charge is 0.351 e. The molecule has 0 radical (unpaired) electrons. The molecule has 0 bridgehead atoms. The quantitative estimate of drug-likeness (QED) is 0.661. The summed E-state index contributed by atoms with van der Waals surface area (Å²) in [5.41, 5.74) is 0.412. The summed E-state index contributed by atoms with van der Waals surface area (Å²) in [5.74, 6) is 0.370. The van der Waals surface area contributed by atoms with Gasteiger partial charge in [-0.15, -0.1) is 21.5 Å². The molecule has 0 aliphatic carbocycles. The SMILES string of the molecule is CC(C)(C)C(=O)NCc1ccc(C(=O)Cn2nnc(-c3ccccc3)n2)s1. The summed E-state index contributed by atoms with van der Waals surface area (Å²) in [7, 11) is 0. The van der Waals surface area contributed by atoms with Crippen LogP contribution in [-0.2, 0) is 17.9 Å². The van der Waals surface area contributed by atoms with Crippen molar-refractivity contribution >= 4 is 23.0 Å². The molecule has 0 aliphatic rings. The van der Waals surface area contributed by atoms with Crippen molar-refractivity contribution in [3.05, 3.63) is 52.2 Å². The molecule has 3 rings (SSSR count). The zero-order valence-corrected chi connectivity index (χ0v) is 16.3. The summed E-state index contributed by atoms with van der Waals surface area (Å²) in [6.07, 6.45) is 0. The minimum Gasteiger partial charge on any atom is -0.351 e. The number of carbonyl (C=O) groups excluding carboxylic acids is 2. The summed E-state index contributed by atoms with van der Waals surface area (Å²) in [6.45, 7) is 6.02. The Morgan fingerprint density at radius 2 is 1.85 bits per heavy atom. The Morgan fingerprint density at radius 1 is 1.11 bits per heavy atom. The highest BCUT2D eigenvalue weighted by atomic mass is 32.1. The van der Waals surface area contributed by atoms with Gasteiger partial charge in [0, 0.05) is 15.9 Å². The maximum Gasteiger partial charge on any atom is 0.225 e. The van der Waals surface area contributed by atoms with Gasteiger partial charge in [0.05, 0.1) is 11.4 Å². The van der Waals surface area contributed by atoms with Gasteiger partial charge in [0.1, 0.15) is 6.54 Å². The van der Waals surface area contributed by atoms with Gasteiger partial charge in [-0.3, -0.25) is 9.59 Å². The fourth-order valence-electron chi connectivity index (χ4n) is 2.27. The number of tetrazole rings is 1. The van der Waals surface area contributed by atoms with Crippen molar-refractivity contribution in [3.8, 4) is 11.4 Å². The lowest BCUT2D eigenvalue weighted by molar-refractivity contribution is -0.128. The fraction of sp³-hybridized carbons (Fsp3) is 0.316. The van der Waals surface area contributed by atoms with Crippen LogP contribution < -0.4 is 5.32 Å². The number of nitrogens with one attached hydrogen (secondary N) is 1. The number of benzene rings is 1. The van der Waals surface area contributed by atoms with Crippen LogP contribution in [0.1, 0.15) is 35.3 Å². The van der Waals surface area contributed by atoms with E-state index in [9.17, 15) is 9.59 Å². The Labute approximate surface area is 161 Å². The standard InChI is InChI=1S/C19H21N5O2S/c1-19(2,3)18(26)20-11-14-9-10-16(27-14)15(25)12-24-22-17(21-23-24)13-7-5-4-6-8-13/h4-10H,11-12H2,1-3H3,(H,20,26). The molecule has 1 amide bonds. The van der Waals surface area contributed by atoms with Gasteiger partial charge in [-0.1, -0.05) is 51.1 Å². The molecule has 1 aromatic carbocycles. The van der Waals surface area contributed by atoms with Gasteiger partial charge >= 0.3 is 0 Å². The molecule has 27 heavy (non-hydrogen) atoms. The summed E-state index contributed by atoms with van der Waals surface area (Å²) < 4.78 is 0. The predicted molar refractivity (Wildman–Crippen MR) is 103 cm³/mol. The van der Waals surface area contributed by atoms with Crippen molar-refractivity contribution in [2.75, 3.05) is 0 Å². The van der Waals surface area contributed by atoms with Crippen LogP contribution in [0.2, 0.25) is 0 Å². The first-order chi connectivity index (χ1) is 12.8. The number of Topliss-reactive ketones (excluding diaryl/α,β-unsaturated/α-hetero) is 1. The van der Waals surface area contributed by atoms with E-state index in [0.29, 0.717) is 17.2 Å². The average Bonchev–Trinajstić information content (AvgIpc) is 3.29. The molecule has 140 valence electrons. The maximum atomic E-state index is 12.5. The van der Waals surface area contributed by atoms with Gasteiger partial charge in [0.15, 0.2) is 5.78 Å². The van der Waals surface area contributed by atoms with Gasteiger partial charge in [0.2, 0.25) is 11.7 Å². The monoisotopic (exact) mass is 383 g/mol. The van der Waals surface area contributed by atoms with Crippen molar-refractivity contribution in [3.63, 3.8) is 0 Å². The molecule has 0 aliphatic heterocycles. The molecular formula is C19H21N5O2S. The van der Waals surface area contributed by atoms with Crippen LogP contribution in [0, 0.1) is 5.41 Å². The molecule has 0 atom stereocenters. The van der Waals surface area contributed by atoms with E-state index in [1.165, 1.54) is 16.1 Å². The van der Waals surface area contributed by atoms with E-state index < -0.39 is 5.41 Å². The molecular weight excluding hydrogens is 362 g/mol. The van der Waals surface area contributed by atoms with E-state index in [0.717, 1.165) is 10.4 Å². The summed E-state index contributed by atoms with van der Waals surface area (Å²) in [4.78, 5) is 27.2. The van der Waals surface area contributed by atoms with Gasteiger partial charge < -0.3 is 5.32 Å². The van der Waals surface area contributed by atoms with E-state index in [2.05, 4.69) is 20.7 Å². The fourth-order valence-corrected chi connectivity index (χ4v) is 3.15. The second-order valence-corrected chi connectivity index (χ2v) is 8.30. The Kier molecular flexibility index (Phi) is 5.46.